The van der Waals surface area contributed by atoms with Gasteiger partial charge < -0.3 is 19.8 Å². The van der Waals surface area contributed by atoms with E-state index in [4.69, 9.17) is 11.6 Å². The Morgan fingerprint density at radius 1 is 0.814 bits per heavy atom. The number of likely N-dealkylation sites (tertiary alicyclic amines) is 2. The van der Waals surface area contributed by atoms with Crippen LogP contribution in [0.15, 0.2) is 48.5 Å². The van der Waals surface area contributed by atoms with Gasteiger partial charge in [-0.25, -0.2) is 8.78 Å². The van der Waals surface area contributed by atoms with E-state index in [1.165, 1.54) is 0 Å². The Bertz CT molecular complexity index is 1210. The van der Waals surface area contributed by atoms with Gasteiger partial charge in [-0.1, -0.05) is 41.9 Å². The SMILES string of the molecule is FC(F)C(F)(F)F.O=C(c1ccc(N2CCC(C3CCN(C(=O)C(O)c4ccccc4)CC3)CC2)cc1Cl)N1CCCC1. The number of anilines is 1. The molecule has 2 aromatic rings. The Morgan fingerprint density at radius 3 is 1.86 bits per heavy atom. The molecule has 3 aliphatic rings. The molecule has 12 heteroatoms. The minimum atomic E-state index is -5.33. The summed E-state index contributed by atoms with van der Waals surface area (Å²) in [4.78, 5) is 31.6. The van der Waals surface area contributed by atoms with Crippen LogP contribution in [0.4, 0.5) is 27.6 Å². The fraction of sp³-hybridized carbons (Fsp3) is 0.548. The minimum absolute atomic E-state index is 0.0452. The molecule has 1 unspecified atom stereocenters. The highest BCUT2D eigenvalue weighted by Crippen LogP contribution is 2.35. The quantitative estimate of drug-likeness (QED) is 0.380. The van der Waals surface area contributed by atoms with Crippen molar-refractivity contribution in [2.75, 3.05) is 44.2 Å². The van der Waals surface area contributed by atoms with Crippen LogP contribution < -0.4 is 4.90 Å². The Hall–Kier alpha value is -2.92. The van der Waals surface area contributed by atoms with Crippen molar-refractivity contribution < 1.29 is 36.6 Å². The van der Waals surface area contributed by atoms with E-state index in [-0.39, 0.29) is 11.8 Å². The predicted molar refractivity (Wildman–Crippen MR) is 154 cm³/mol. The third-order valence-corrected chi connectivity index (χ3v) is 8.91. The van der Waals surface area contributed by atoms with Crippen LogP contribution in [0.25, 0.3) is 0 Å². The van der Waals surface area contributed by atoms with Crippen LogP contribution in [0.1, 0.15) is 60.6 Å². The molecule has 0 spiro atoms. The molecule has 1 N–H and O–H groups in total. The second kappa shape index (κ2) is 14.7. The van der Waals surface area contributed by atoms with Crippen molar-refractivity contribution in [2.24, 2.45) is 11.8 Å². The zero-order chi connectivity index (χ0) is 31.1. The van der Waals surface area contributed by atoms with Gasteiger partial charge in [0.2, 0.25) is 0 Å². The number of carbonyl (C=O) groups is 2. The number of aliphatic hydroxyl groups excluding tert-OH is 1. The summed E-state index contributed by atoms with van der Waals surface area (Å²) < 4.78 is 52.1. The molecule has 43 heavy (non-hydrogen) atoms. The molecule has 0 saturated carbocycles. The normalized spacial score (nSPS) is 19.3. The number of alkyl halides is 5. The summed E-state index contributed by atoms with van der Waals surface area (Å²) in [6.45, 7) is 5.04. The average Bonchev–Trinajstić information content (AvgIpc) is 3.56. The maximum absolute atomic E-state index is 12.8. The van der Waals surface area contributed by atoms with E-state index in [1.54, 1.807) is 12.1 Å². The number of aliphatic hydroxyl groups is 1. The lowest BCUT2D eigenvalue weighted by Crippen LogP contribution is -2.44. The van der Waals surface area contributed by atoms with Gasteiger partial charge in [-0.2, -0.15) is 13.2 Å². The second-order valence-electron chi connectivity index (χ2n) is 11.3. The number of amides is 2. The first-order valence-electron chi connectivity index (χ1n) is 14.7. The van der Waals surface area contributed by atoms with Crippen LogP contribution in [0.2, 0.25) is 5.02 Å². The van der Waals surface area contributed by atoms with Crippen LogP contribution in [-0.2, 0) is 4.79 Å². The van der Waals surface area contributed by atoms with Gasteiger partial charge in [0.25, 0.3) is 11.8 Å². The van der Waals surface area contributed by atoms with Gasteiger partial charge in [0.05, 0.1) is 10.6 Å². The van der Waals surface area contributed by atoms with E-state index in [0.29, 0.717) is 28.0 Å². The average molecular weight is 630 g/mol. The highest BCUT2D eigenvalue weighted by atomic mass is 35.5. The van der Waals surface area contributed by atoms with Crippen LogP contribution in [0.3, 0.4) is 0 Å². The highest BCUT2D eigenvalue weighted by Gasteiger charge is 2.40. The Balaban J connectivity index is 0.000000541. The van der Waals surface area contributed by atoms with Gasteiger partial charge in [0, 0.05) is 45.0 Å². The van der Waals surface area contributed by atoms with Crippen molar-refractivity contribution in [3.05, 3.63) is 64.7 Å². The number of hydrogen-bond donors (Lipinski definition) is 1. The summed E-state index contributed by atoms with van der Waals surface area (Å²) in [5.74, 6) is 1.14. The molecule has 236 valence electrons. The van der Waals surface area contributed by atoms with Crippen molar-refractivity contribution in [1.82, 2.24) is 9.80 Å². The monoisotopic (exact) mass is 629 g/mol. The Labute approximate surface area is 253 Å². The molecule has 0 aromatic heterocycles. The summed E-state index contributed by atoms with van der Waals surface area (Å²) in [5.41, 5.74) is 2.35. The van der Waals surface area contributed by atoms with Crippen molar-refractivity contribution in [2.45, 2.75) is 57.2 Å². The minimum Gasteiger partial charge on any atom is -0.378 e. The van der Waals surface area contributed by atoms with Crippen LogP contribution in [0, 0.1) is 11.8 Å². The third-order valence-electron chi connectivity index (χ3n) is 8.60. The van der Waals surface area contributed by atoms with Gasteiger partial charge in [0.1, 0.15) is 0 Å². The number of rotatable bonds is 5. The van der Waals surface area contributed by atoms with Gasteiger partial charge in [-0.15, -0.1) is 0 Å². The number of nitrogens with zero attached hydrogens (tertiary/aromatic N) is 3. The summed E-state index contributed by atoms with van der Waals surface area (Å²) >= 11 is 6.55. The van der Waals surface area contributed by atoms with Crippen molar-refractivity contribution in [3.8, 4) is 0 Å². The Kier molecular flexibility index (Phi) is 11.3. The standard InChI is InChI=1S/C29H36ClN3O3.C2HF5/c30-26-20-24(8-9-25(26)28(35)32-14-4-5-15-32)31-16-10-21(11-17-31)22-12-18-33(19-13-22)29(36)27(34)23-6-2-1-3-7-23;3-1(4)2(5,6)7/h1-3,6-9,20-22,27,34H,4-5,10-19H2;1H. The Morgan fingerprint density at radius 2 is 1.35 bits per heavy atom. The zero-order valence-electron chi connectivity index (χ0n) is 23.8. The number of halogens is 6. The predicted octanol–water partition coefficient (Wildman–Crippen LogP) is 6.58. The molecule has 5 rings (SSSR count). The van der Waals surface area contributed by atoms with Gasteiger partial charge in [-0.05, 0) is 74.1 Å². The fourth-order valence-corrected chi connectivity index (χ4v) is 6.39. The van der Waals surface area contributed by atoms with Crippen LogP contribution in [0.5, 0.6) is 0 Å². The number of benzene rings is 2. The molecule has 1 atom stereocenters. The molecule has 0 radical (unpaired) electrons. The smallest absolute Gasteiger partial charge is 0.378 e. The maximum Gasteiger partial charge on any atom is 0.450 e. The topological polar surface area (TPSA) is 64.1 Å². The molecule has 6 nitrogen and oxygen atoms in total. The lowest BCUT2D eigenvalue weighted by molar-refractivity contribution is -0.219. The third kappa shape index (κ3) is 8.59. The molecule has 3 saturated heterocycles. The van der Waals surface area contributed by atoms with E-state index in [0.717, 1.165) is 83.5 Å². The molecule has 3 fully saturated rings. The molecule has 3 aliphatic heterocycles. The number of carbonyl (C=O) groups excluding carboxylic acids is 2. The number of piperidine rings is 2. The number of hydrogen-bond acceptors (Lipinski definition) is 4. The summed E-state index contributed by atoms with van der Waals surface area (Å²) in [5, 5.41) is 11.0. The van der Waals surface area contributed by atoms with Crippen molar-refractivity contribution in [3.63, 3.8) is 0 Å². The van der Waals surface area contributed by atoms with Crippen molar-refractivity contribution in [1.29, 1.82) is 0 Å². The van der Waals surface area contributed by atoms with Gasteiger partial charge >= 0.3 is 12.6 Å². The van der Waals surface area contributed by atoms with Gasteiger partial charge in [0.15, 0.2) is 6.10 Å². The fourth-order valence-electron chi connectivity index (χ4n) is 6.14. The molecule has 3 heterocycles. The van der Waals surface area contributed by atoms with Crippen molar-refractivity contribution >= 4 is 29.1 Å². The molecule has 0 bridgehead atoms. The maximum atomic E-state index is 12.8. The highest BCUT2D eigenvalue weighted by molar-refractivity contribution is 6.34. The largest absolute Gasteiger partial charge is 0.450 e. The lowest BCUT2D eigenvalue weighted by Gasteiger charge is -2.41. The van der Waals surface area contributed by atoms with E-state index >= 15 is 0 Å². The van der Waals surface area contributed by atoms with Crippen LogP contribution in [-0.4, -0.2) is 78.6 Å². The first-order valence-corrected chi connectivity index (χ1v) is 15.0. The summed E-state index contributed by atoms with van der Waals surface area (Å²) in [7, 11) is 0. The summed E-state index contributed by atoms with van der Waals surface area (Å²) in [6, 6.07) is 15.1. The molecular weight excluding hydrogens is 593 g/mol. The molecule has 2 aromatic carbocycles. The van der Waals surface area contributed by atoms with E-state index in [1.807, 2.05) is 46.2 Å². The van der Waals surface area contributed by atoms with E-state index in [2.05, 4.69) is 4.90 Å². The first kappa shape index (κ1) is 33.0. The van der Waals surface area contributed by atoms with E-state index < -0.39 is 18.7 Å². The molecule has 2 amide bonds. The second-order valence-corrected chi connectivity index (χ2v) is 11.7. The van der Waals surface area contributed by atoms with Gasteiger partial charge in [-0.3, -0.25) is 9.59 Å². The van der Waals surface area contributed by atoms with E-state index in [9.17, 15) is 36.6 Å². The first-order chi connectivity index (χ1) is 20.5. The summed E-state index contributed by atoms with van der Waals surface area (Å²) in [6.07, 6.45) is -4.23. The lowest BCUT2D eigenvalue weighted by atomic mass is 9.78. The molecular formula is C31H37ClF5N3O3. The zero-order valence-corrected chi connectivity index (χ0v) is 24.5. The molecule has 0 aliphatic carbocycles. The van der Waals surface area contributed by atoms with Crippen LogP contribution >= 0.6 is 11.6 Å².